The number of carbonyl (C=O) groups is 1. The van der Waals surface area contributed by atoms with Gasteiger partial charge in [-0.3, -0.25) is 9.78 Å². The number of nitrogens with zero attached hydrogens (tertiary/aromatic N) is 3. The zero-order chi connectivity index (χ0) is 17.4. The van der Waals surface area contributed by atoms with E-state index in [4.69, 9.17) is 10.00 Å². The average Bonchev–Trinajstić information content (AvgIpc) is 2.58. The average molecular weight is 323 g/mol. The van der Waals surface area contributed by atoms with Crippen molar-refractivity contribution >= 4 is 5.91 Å². The highest BCUT2D eigenvalue weighted by Crippen LogP contribution is 2.18. The molecule has 0 N–H and O–H groups in total. The van der Waals surface area contributed by atoms with Gasteiger partial charge in [-0.25, -0.2) is 0 Å². The zero-order valence-electron chi connectivity index (χ0n) is 14.0. The first-order valence-corrected chi connectivity index (χ1v) is 7.84. The molecule has 0 aliphatic carbocycles. The highest BCUT2D eigenvalue weighted by Gasteiger charge is 2.15. The Balaban J connectivity index is 2.00. The first-order chi connectivity index (χ1) is 11.6. The van der Waals surface area contributed by atoms with Gasteiger partial charge in [0.2, 0.25) is 0 Å². The second kappa shape index (κ2) is 8.68. The van der Waals surface area contributed by atoms with Crippen molar-refractivity contribution in [3.05, 3.63) is 59.4 Å². The molecule has 0 saturated carbocycles. The van der Waals surface area contributed by atoms with Gasteiger partial charge in [0, 0.05) is 25.5 Å². The molecule has 1 aromatic heterocycles. The number of hydrogen-bond acceptors (Lipinski definition) is 4. The van der Waals surface area contributed by atoms with Crippen molar-refractivity contribution < 1.29 is 9.53 Å². The van der Waals surface area contributed by atoms with Gasteiger partial charge >= 0.3 is 0 Å². The molecule has 0 spiro atoms. The van der Waals surface area contributed by atoms with Gasteiger partial charge in [-0.15, -0.1) is 0 Å². The Morgan fingerprint density at radius 2 is 2.17 bits per heavy atom. The molecule has 0 bridgehead atoms. The van der Waals surface area contributed by atoms with Crippen LogP contribution in [-0.2, 0) is 11.3 Å². The van der Waals surface area contributed by atoms with Gasteiger partial charge in [0.05, 0.1) is 12.5 Å². The number of aryl methyl sites for hydroxylation is 2. The van der Waals surface area contributed by atoms with Crippen LogP contribution in [0.15, 0.2) is 42.7 Å². The summed E-state index contributed by atoms with van der Waals surface area (Å²) in [4.78, 5) is 18.2. The number of benzene rings is 1. The molecule has 0 radical (unpaired) electrons. The number of hydrogen-bond donors (Lipinski definition) is 0. The van der Waals surface area contributed by atoms with Gasteiger partial charge < -0.3 is 9.64 Å². The van der Waals surface area contributed by atoms with Gasteiger partial charge in [-0.05, 0) is 37.1 Å². The molecule has 0 atom stereocenters. The summed E-state index contributed by atoms with van der Waals surface area (Å²) < 4.78 is 5.66. The van der Waals surface area contributed by atoms with Crippen molar-refractivity contribution in [3.8, 4) is 11.8 Å². The largest absolute Gasteiger partial charge is 0.484 e. The Bertz CT molecular complexity index is 723. The second-order valence-corrected chi connectivity index (χ2v) is 5.64. The van der Waals surface area contributed by atoms with E-state index >= 15 is 0 Å². The van der Waals surface area contributed by atoms with Crippen molar-refractivity contribution in [1.29, 1.82) is 5.26 Å². The van der Waals surface area contributed by atoms with E-state index in [1.54, 1.807) is 17.3 Å². The molecule has 24 heavy (non-hydrogen) atoms. The van der Waals surface area contributed by atoms with Crippen LogP contribution in [0.2, 0.25) is 0 Å². The maximum absolute atomic E-state index is 12.5. The topological polar surface area (TPSA) is 66.2 Å². The van der Waals surface area contributed by atoms with E-state index in [0.29, 0.717) is 18.8 Å². The molecule has 1 aromatic carbocycles. The van der Waals surface area contributed by atoms with Gasteiger partial charge in [0.25, 0.3) is 5.91 Å². The lowest BCUT2D eigenvalue weighted by molar-refractivity contribution is -0.133. The highest BCUT2D eigenvalue weighted by atomic mass is 16.5. The standard InChI is InChI=1S/C19H21N3O2/c1-15-6-7-18(16(2)11-15)24-14-19(23)22(10-4-8-20)13-17-5-3-9-21-12-17/h3,5-7,9,11-12H,4,10,13-14H2,1-2H3. The predicted molar refractivity (Wildman–Crippen MR) is 91.3 cm³/mol. The Labute approximate surface area is 142 Å². The summed E-state index contributed by atoms with van der Waals surface area (Å²) in [5.74, 6) is 0.560. The van der Waals surface area contributed by atoms with E-state index in [-0.39, 0.29) is 18.9 Å². The van der Waals surface area contributed by atoms with Crippen LogP contribution < -0.4 is 4.74 Å². The Morgan fingerprint density at radius 1 is 1.33 bits per heavy atom. The first kappa shape index (κ1) is 17.5. The van der Waals surface area contributed by atoms with E-state index in [9.17, 15) is 4.79 Å². The van der Waals surface area contributed by atoms with E-state index < -0.39 is 0 Å². The minimum Gasteiger partial charge on any atom is -0.484 e. The highest BCUT2D eigenvalue weighted by molar-refractivity contribution is 5.77. The Kier molecular flexibility index (Phi) is 6.32. The molecule has 5 heteroatoms. The van der Waals surface area contributed by atoms with Crippen molar-refractivity contribution in [2.24, 2.45) is 0 Å². The number of rotatable bonds is 7. The number of amides is 1. The number of aromatic nitrogens is 1. The van der Waals surface area contributed by atoms with Crippen LogP contribution in [0.3, 0.4) is 0 Å². The fourth-order valence-electron chi connectivity index (χ4n) is 2.38. The molecule has 1 heterocycles. The maximum Gasteiger partial charge on any atom is 0.260 e. The molecule has 0 unspecified atom stereocenters. The molecule has 124 valence electrons. The van der Waals surface area contributed by atoms with Crippen LogP contribution >= 0.6 is 0 Å². The molecular weight excluding hydrogens is 302 g/mol. The van der Waals surface area contributed by atoms with Crippen LogP contribution in [0.5, 0.6) is 5.75 Å². The lowest BCUT2D eigenvalue weighted by Gasteiger charge is -2.22. The Hall–Kier alpha value is -2.87. The molecule has 2 aromatic rings. The Morgan fingerprint density at radius 3 is 2.83 bits per heavy atom. The number of carbonyl (C=O) groups excluding carboxylic acids is 1. The molecule has 0 fully saturated rings. The fourth-order valence-corrected chi connectivity index (χ4v) is 2.38. The van der Waals surface area contributed by atoms with Gasteiger partial charge in [0.1, 0.15) is 5.75 Å². The van der Waals surface area contributed by atoms with Gasteiger partial charge in [0.15, 0.2) is 6.61 Å². The van der Waals surface area contributed by atoms with Crippen LogP contribution in [-0.4, -0.2) is 28.9 Å². The third-order valence-electron chi connectivity index (χ3n) is 3.62. The summed E-state index contributed by atoms with van der Waals surface area (Å²) in [6, 6.07) is 11.7. The van der Waals surface area contributed by atoms with E-state index in [1.165, 1.54) is 0 Å². The molecule has 0 aliphatic rings. The normalized spacial score (nSPS) is 10.0. The van der Waals surface area contributed by atoms with Crippen molar-refractivity contribution in [2.75, 3.05) is 13.2 Å². The van der Waals surface area contributed by atoms with E-state index in [2.05, 4.69) is 11.1 Å². The lowest BCUT2D eigenvalue weighted by atomic mass is 10.1. The van der Waals surface area contributed by atoms with Crippen LogP contribution in [0.4, 0.5) is 0 Å². The van der Waals surface area contributed by atoms with Crippen LogP contribution in [0, 0.1) is 25.2 Å². The molecule has 2 rings (SSSR count). The summed E-state index contributed by atoms with van der Waals surface area (Å²) in [6.07, 6.45) is 3.70. The SMILES string of the molecule is Cc1ccc(OCC(=O)N(CCC#N)Cc2cccnc2)c(C)c1. The minimum atomic E-state index is -0.144. The van der Waals surface area contributed by atoms with Crippen LogP contribution in [0.1, 0.15) is 23.1 Å². The van der Waals surface area contributed by atoms with E-state index in [0.717, 1.165) is 16.7 Å². The van der Waals surface area contributed by atoms with Crippen molar-refractivity contribution in [2.45, 2.75) is 26.8 Å². The van der Waals surface area contributed by atoms with Crippen LogP contribution in [0.25, 0.3) is 0 Å². The summed E-state index contributed by atoms with van der Waals surface area (Å²) in [6.45, 7) is 4.72. The molecular formula is C19H21N3O2. The summed E-state index contributed by atoms with van der Waals surface area (Å²) in [7, 11) is 0. The fraction of sp³-hybridized carbons (Fsp3) is 0.316. The van der Waals surface area contributed by atoms with Gasteiger partial charge in [-0.2, -0.15) is 5.26 Å². The van der Waals surface area contributed by atoms with Gasteiger partial charge in [-0.1, -0.05) is 23.8 Å². The number of pyridine rings is 1. The maximum atomic E-state index is 12.5. The first-order valence-electron chi connectivity index (χ1n) is 7.84. The number of ether oxygens (including phenoxy) is 1. The third-order valence-corrected chi connectivity index (χ3v) is 3.62. The van der Waals surface area contributed by atoms with Crippen molar-refractivity contribution in [3.63, 3.8) is 0 Å². The zero-order valence-corrected chi connectivity index (χ0v) is 14.0. The van der Waals surface area contributed by atoms with Crippen molar-refractivity contribution in [1.82, 2.24) is 9.88 Å². The third kappa shape index (κ3) is 5.10. The summed E-state index contributed by atoms with van der Waals surface area (Å²) >= 11 is 0. The van der Waals surface area contributed by atoms with E-state index in [1.807, 2.05) is 44.2 Å². The quantitative estimate of drug-likeness (QED) is 0.785. The predicted octanol–water partition coefficient (Wildman–Crippen LogP) is 3.02. The summed E-state index contributed by atoms with van der Waals surface area (Å²) in [5, 5.41) is 8.80. The monoisotopic (exact) mass is 323 g/mol. The smallest absolute Gasteiger partial charge is 0.260 e. The summed E-state index contributed by atoms with van der Waals surface area (Å²) in [5.41, 5.74) is 3.08. The second-order valence-electron chi connectivity index (χ2n) is 5.64. The minimum absolute atomic E-state index is 0.0460. The molecule has 5 nitrogen and oxygen atoms in total. The molecule has 0 saturated heterocycles. The number of nitriles is 1. The lowest BCUT2D eigenvalue weighted by Crippen LogP contribution is -2.35. The molecule has 0 aliphatic heterocycles. The molecule has 1 amide bonds.